The second-order valence-electron chi connectivity index (χ2n) is 6.91. The Bertz CT molecular complexity index is 1000. The number of hydrogen-bond acceptors (Lipinski definition) is 5. The third kappa shape index (κ3) is 3.74. The third-order valence-corrected chi connectivity index (χ3v) is 5.05. The molecule has 1 fully saturated rings. The average molecular weight is 381 g/mol. The van der Waals surface area contributed by atoms with Crippen molar-refractivity contribution in [3.8, 4) is 0 Å². The van der Waals surface area contributed by atoms with Crippen molar-refractivity contribution in [2.24, 2.45) is 0 Å². The fourth-order valence-corrected chi connectivity index (χ4v) is 3.46. The van der Waals surface area contributed by atoms with Gasteiger partial charge >= 0.3 is 0 Å². The molecule has 0 unspecified atom stereocenters. The number of fused-ring (bicyclic) bond motifs is 1. The topological polar surface area (TPSA) is 106 Å². The summed E-state index contributed by atoms with van der Waals surface area (Å²) in [5, 5.41) is 18.0. The molecule has 1 aromatic carbocycles. The van der Waals surface area contributed by atoms with Crippen molar-refractivity contribution in [1.29, 1.82) is 0 Å². The Kier molecular flexibility index (Phi) is 5.07. The van der Waals surface area contributed by atoms with Crippen LogP contribution in [0, 0.1) is 0 Å². The molecule has 28 heavy (non-hydrogen) atoms. The van der Waals surface area contributed by atoms with Gasteiger partial charge in [0.15, 0.2) is 5.69 Å². The monoisotopic (exact) mass is 381 g/mol. The minimum atomic E-state index is -0.302. The Hall–Kier alpha value is -3.20. The van der Waals surface area contributed by atoms with Crippen LogP contribution < -0.4 is 16.0 Å². The lowest BCUT2D eigenvalue weighted by Crippen LogP contribution is -2.29. The van der Waals surface area contributed by atoms with E-state index >= 15 is 0 Å². The summed E-state index contributed by atoms with van der Waals surface area (Å²) in [7, 11) is 1.61. The Morgan fingerprint density at radius 2 is 2.07 bits per heavy atom. The molecule has 0 aliphatic carbocycles. The van der Waals surface area contributed by atoms with Gasteiger partial charge in [0.1, 0.15) is 6.54 Å². The van der Waals surface area contributed by atoms with Gasteiger partial charge in [-0.05, 0) is 49.5 Å². The number of nitrogens with zero attached hydrogens (tertiary/aromatic N) is 4. The van der Waals surface area contributed by atoms with Crippen LogP contribution in [0.15, 0.2) is 36.7 Å². The van der Waals surface area contributed by atoms with Crippen LogP contribution in [0.3, 0.4) is 0 Å². The number of piperidine rings is 1. The Morgan fingerprint density at radius 1 is 1.25 bits per heavy atom. The van der Waals surface area contributed by atoms with Gasteiger partial charge in [-0.25, -0.2) is 4.68 Å². The molecule has 3 aromatic rings. The van der Waals surface area contributed by atoms with Crippen LogP contribution in [-0.4, -0.2) is 51.5 Å². The molecule has 0 radical (unpaired) electrons. The Morgan fingerprint density at radius 3 is 2.86 bits per heavy atom. The van der Waals surface area contributed by atoms with E-state index in [-0.39, 0.29) is 24.4 Å². The lowest BCUT2D eigenvalue weighted by molar-refractivity contribution is -0.121. The van der Waals surface area contributed by atoms with E-state index in [4.69, 9.17) is 0 Å². The molecule has 2 amide bonds. The Labute approximate surface area is 162 Å². The summed E-state index contributed by atoms with van der Waals surface area (Å²) in [6, 6.07) is 7.82. The fourth-order valence-electron chi connectivity index (χ4n) is 3.46. The highest BCUT2D eigenvalue weighted by atomic mass is 16.2. The second-order valence-corrected chi connectivity index (χ2v) is 6.91. The molecule has 146 valence electrons. The van der Waals surface area contributed by atoms with Gasteiger partial charge in [0.05, 0.1) is 17.8 Å². The molecule has 9 heteroatoms. The van der Waals surface area contributed by atoms with E-state index in [0.29, 0.717) is 11.4 Å². The standard InChI is InChI=1S/C19H23N7O2/c1-20-18(27)12-25-9-6-13-2-3-14(10-17(13)25)22-19(28)16-11-26(24-23-16)15-4-7-21-8-5-15/h2-3,6,9-11,15,21H,4-5,7-8,12H2,1H3,(H,20,27)(H,22,28). The maximum absolute atomic E-state index is 12.6. The van der Waals surface area contributed by atoms with E-state index in [1.807, 2.05) is 35.0 Å². The predicted molar refractivity (Wildman–Crippen MR) is 105 cm³/mol. The molecule has 4 rings (SSSR count). The van der Waals surface area contributed by atoms with Gasteiger partial charge in [-0.15, -0.1) is 5.10 Å². The molecule has 3 N–H and O–H groups in total. The zero-order valence-corrected chi connectivity index (χ0v) is 15.7. The summed E-state index contributed by atoms with van der Waals surface area (Å²) >= 11 is 0. The first-order chi connectivity index (χ1) is 13.6. The smallest absolute Gasteiger partial charge is 0.277 e. The Balaban J connectivity index is 1.49. The number of aromatic nitrogens is 4. The number of rotatable bonds is 5. The van der Waals surface area contributed by atoms with Gasteiger partial charge in [-0.3, -0.25) is 9.59 Å². The van der Waals surface area contributed by atoms with Crippen LogP contribution in [0.5, 0.6) is 0 Å². The molecular weight excluding hydrogens is 358 g/mol. The number of carbonyl (C=O) groups excluding carboxylic acids is 2. The van der Waals surface area contributed by atoms with Crippen molar-refractivity contribution in [3.63, 3.8) is 0 Å². The van der Waals surface area contributed by atoms with E-state index < -0.39 is 0 Å². The highest BCUT2D eigenvalue weighted by Crippen LogP contribution is 2.21. The van der Waals surface area contributed by atoms with Gasteiger partial charge < -0.3 is 20.5 Å². The van der Waals surface area contributed by atoms with Crippen LogP contribution >= 0.6 is 0 Å². The highest BCUT2D eigenvalue weighted by molar-refractivity contribution is 6.03. The maximum Gasteiger partial charge on any atom is 0.277 e. The number of benzene rings is 1. The van der Waals surface area contributed by atoms with Crippen molar-refractivity contribution >= 4 is 28.4 Å². The minimum absolute atomic E-state index is 0.0820. The van der Waals surface area contributed by atoms with Gasteiger partial charge in [-0.1, -0.05) is 11.3 Å². The van der Waals surface area contributed by atoms with Crippen molar-refractivity contribution in [2.75, 3.05) is 25.5 Å². The first-order valence-electron chi connectivity index (χ1n) is 9.37. The first-order valence-corrected chi connectivity index (χ1v) is 9.37. The average Bonchev–Trinajstić information content (AvgIpc) is 3.36. The largest absolute Gasteiger partial charge is 0.358 e. The molecule has 9 nitrogen and oxygen atoms in total. The summed E-state index contributed by atoms with van der Waals surface area (Å²) in [6.45, 7) is 2.12. The van der Waals surface area contributed by atoms with Crippen molar-refractivity contribution in [2.45, 2.75) is 25.4 Å². The van der Waals surface area contributed by atoms with E-state index in [0.717, 1.165) is 36.8 Å². The number of hydrogen-bond donors (Lipinski definition) is 3. The third-order valence-electron chi connectivity index (χ3n) is 5.05. The van der Waals surface area contributed by atoms with E-state index in [1.165, 1.54) is 0 Å². The lowest BCUT2D eigenvalue weighted by atomic mass is 10.1. The molecule has 2 aromatic heterocycles. The summed E-state index contributed by atoms with van der Waals surface area (Å²) in [4.78, 5) is 24.3. The van der Waals surface area contributed by atoms with Gasteiger partial charge in [0, 0.05) is 18.9 Å². The van der Waals surface area contributed by atoms with Gasteiger partial charge in [0.2, 0.25) is 5.91 Å². The number of likely N-dealkylation sites (N-methyl/N-ethyl adjacent to an activating group) is 1. The van der Waals surface area contributed by atoms with Crippen LogP contribution in [0.2, 0.25) is 0 Å². The van der Waals surface area contributed by atoms with Crippen molar-refractivity contribution in [1.82, 2.24) is 30.2 Å². The fraction of sp³-hybridized carbons (Fsp3) is 0.368. The zero-order valence-electron chi connectivity index (χ0n) is 15.7. The lowest BCUT2D eigenvalue weighted by Gasteiger charge is -2.22. The number of carbonyl (C=O) groups is 2. The van der Waals surface area contributed by atoms with E-state index in [2.05, 4.69) is 26.3 Å². The molecule has 1 saturated heterocycles. The summed E-state index contributed by atoms with van der Waals surface area (Å²) in [5.41, 5.74) is 1.81. The molecule has 0 atom stereocenters. The molecule has 0 saturated carbocycles. The number of amides is 2. The van der Waals surface area contributed by atoms with Crippen LogP contribution in [0.25, 0.3) is 10.9 Å². The predicted octanol–water partition coefficient (Wildman–Crippen LogP) is 1.16. The van der Waals surface area contributed by atoms with Gasteiger partial charge in [-0.2, -0.15) is 0 Å². The molecule has 1 aliphatic heterocycles. The SMILES string of the molecule is CNC(=O)Cn1ccc2ccc(NC(=O)c3cn(C4CCNCC4)nn3)cc21. The summed E-state index contributed by atoms with van der Waals surface area (Å²) in [5.74, 6) is -0.384. The molecule has 1 aliphatic rings. The maximum atomic E-state index is 12.6. The molecular formula is C19H23N7O2. The minimum Gasteiger partial charge on any atom is -0.358 e. The van der Waals surface area contributed by atoms with Gasteiger partial charge in [0.25, 0.3) is 5.91 Å². The van der Waals surface area contributed by atoms with Crippen LogP contribution in [-0.2, 0) is 11.3 Å². The first kappa shape index (κ1) is 18.2. The zero-order chi connectivity index (χ0) is 19.5. The van der Waals surface area contributed by atoms with Crippen molar-refractivity contribution < 1.29 is 9.59 Å². The molecule has 0 bridgehead atoms. The molecule has 0 spiro atoms. The van der Waals surface area contributed by atoms with Crippen molar-refractivity contribution in [3.05, 3.63) is 42.4 Å². The van der Waals surface area contributed by atoms with E-state index in [9.17, 15) is 9.59 Å². The quantitative estimate of drug-likeness (QED) is 0.615. The summed E-state index contributed by atoms with van der Waals surface area (Å²) < 4.78 is 3.63. The number of anilines is 1. The van der Waals surface area contributed by atoms with Crippen LogP contribution in [0.1, 0.15) is 29.4 Å². The second kappa shape index (κ2) is 7.81. The highest BCUT2D eigenvalue weighted by Gasteiger charge is 2.19. The normalized spacial score (nSPS) is 14.9. The van der Waals surface area contributed by atoms with Crippen LogP contribution in [0.4, 0.5) is 5.69 Å². The summed E-state index contributed by atoms with van der Waals surface area (Å²) in [6.07, 6.45) is 5.51. The van der Waals surface area contributed by atoms with E-state index in [1.54, 1.807) is 17.9 Å². The number of nitrogens with one attached hydrogen (secondary N) is 3. The molecule has 3 heterocycles.